The van der Waals surface area contributed by atoms with Crippen LogP contribution >= 0.6 is 0 Å². The summed E-state index contributed by atoms with van der Waals surface area (Å²) in [7, 11) is -2.00. The van der Waals surface area contributed by atoms with E-state index in [9.17, 15) is 23.1 Å². The number of alkyl halides is 3. The molecule has 4 rings (SSSR count). The number of amides is 1. The summed E-state index contributed by atoms with van der Waals surface area (Å²) in [6.45, 7) is 11.5. The summed E-state index contributed by atoms with van der Waals surface area (Å²) >= 11 is 0. The smallest absolute Gasteiger partial charge is 0.433 e. The van der Waals surface area contributed by atoms with Crippen molar-refractivity contribution in [1.29, 1.82) is 0 Å². The fraction of sp³-hybridized carbons (Fsp3) is 0.552. The van der Waals surface area contributed by atoms with Crippen LogP contribution in [0.1, 0.15) is 68.7 Å². The highest BCUT2D eigenvalue weighted by Gasteiger charge is 2.37. The Balaban J connectivity index is 1.58. The van der Waals surface area contributed by atoms with Crippen molar-refractivity contribution in [1.82, 2.24) is 14.8 Å². The monoisotopic (exact) mass is 592 g/mol. The fourth-order valence-corrected chi connectivity index (χ4v) is 5.66. The number of hydrogen-bond donors (Lipinski definition) is 2. The van der Waals surface area contributed by atoms with Crippen molar-refractivity contribution in [2.75, 3.05) is 25.1 Å². The van der Waals surface area contributed by atoms with Gasteiger partial charge >= 0.3 is 6.18 Å². The molecule has 1 aliphatic carbocycles. The molecule has 12 heteroatoms. The summed E-state index contributed by atoms with van der Waals surface area (Å²) < 4.78 is 53.7. The lowest BCUT2D eigenvalue weighted by molar-refractivity contribution is -0.141. The molecule has 0 atom stereocenters. The van der Waals surface area contributed by atoms with Crippen LogP contribution in [0.5, 0.6) is 5.75 Å². The first-order valence-corrected chi connectivity index (χ1v) is 16.8. The van der Waals surface area contributed by atoms with Crippen LogP contribution in [0.2, 0.25) is 18.1 Å². The number of anilines is 1. The maximum atomic E-state index is 13.2. The molecule has 1 aliphatic rings. The molecule has 1 saturated carbocycles. The van der Waals surface area contributed by atoms with Crippen molar-refractivity contribution in [2.24, 2.45) is 5.92 Å². The van der Waals surface area contributed by atoms with Crippen LogP contribution in [0, 0.1) is 5.92 Å². The third-order valence-corrected chi connectivity index (χ3v) is 12.7. The molecule has 0 spiro atoms. The Hall–Kier alpha value is -2.96. The van der Waals surface area contributed by atoms with E-state index in [0.717, 1.165) is 43.2 Å². The van der Waals surface area contributed by atoms with Crippen LogP contribution in [0.15, 0.2) is 36.5 Å². The van der Waals surface area contributed by atoms with Gasteiger partial charge in [0.2, 0.25) is 0 Å². The molecule has 1 amide bonds. The summed E-state index contributed by atoms with van der Waals surface area (Å²) in [5.74, 6) is -0.130. The van der Waals surface area contributed by atoms with Gasteiger partial charge in [0.05, 0.1) is 23.9 Å². The molecule has 0 saturated heterocycles. The van der Waals surface area contributed by atoms with Crippen LogP contribution in [0.25, 0.3) is 10.9 Å². The summed E-state index contributed by atoms with van der Waals surface area (Å²) in [4.78, 5) is 16.5. The molecule has 2 N–H and O–H groups in total. The normalized spacial score (nSPS) is 18.5. The number of halogens is 3. The van der Waals surface area contributed by atoms with Gasteiger partial charge in [-0.2, -0.15) is 18.3 Å². The number of pyridine rings is 1. The largest absolute Gasteiger partial charge is 0.489 e. The predicted molar refractivity (Wildman–Crippen MR) is 154 cm³/mol. The average molecular weight is 593 g/mol. The Labute approximate surface area is 239 Å². The first-order valence-electron chi connectivity index (χ1n) is 13.9. The number of fused-ring (bicyclic) bond motifs is 1. The van der Waals surface area contributed by atoms with Crippen molar-refractivity contribution in [3.8, 4) is 5.75 Å². The molecule has 0 bridgehead atoms. The Bertz CT molecular complexity index is 1360. The van der Waals surface area contributed by atoms with E-state index in [1.807, 2.05) is 10.9 Å². The van der Waals surface area contributed by atoms with Gasteiger partial charge < -0.3 is 19.6 Å². The second kappa shape index (κ2) is 12.1. The van der Waals surface area contributed by atoms with Gasteiger partial charge in [0.15, 0.2) is 8.32 Å². The van der Waals surface area contributed by atoms with Gasteiger partial charge in [-0.3, -0.25) is 9.48 Å². The second-order valence-electron chi connectivity index (χ2n) is 12.2. The number of aliphatic hydroxyl groups excluding tert-OH is 1. The van der Waals surface area contributed by atoms with Gasteiger partial charge in [-0.15, -0.1) is 0 Å². The summed E-state index contributed by atoms with van der Waals surface area (Å²) in [5.41, 5.74) is -0.525. The minimum atomic E-state index is -4.67. The highest BCUT2D eigenvalue weighted by Crippen LogP contribution is 2.37. The predicted octanol–water partition coefficient (Wildman–Crippen LogP) is 6.83. The van der Waals surface area contributed by atoms with Crippen LogP contribution < -0.4 is 10.1 Å². The summed E-state index contributed by atoms with van der Waals surface area (Å²) in [6, 6.07) is 6.85. The number of aromatic nitrogens is 3. The lowest BCUT2D eigenvalue weighted by atomic mass is 9.87. The number of ether oxygens (including phenoxy) is 1. The van der Waals surface area contributed by atoms with E-state index in [0.29, 0.717) is 29.5 Å². The lowest BCUT2D eigenvalue weighted by Gasteiger charge is -2.36. The molecule has 3 aromatic rings. The third-order valence-electron chi connectivity index (χ3n) is 8.20. The minimum Gasteiger partial charge on any atom is -0.489 e. The number of carbonyl (C=O) groups excluding carboxylic acids is 1. The maximum absolute atomic E-state index is 13.2. The Kier molecular flexibility index (Phi) is 9.15. The van der Waals surface area contributed by atoms with Crippen LogP contribution in [0.3, 0.4) is 0 Å². The number of nitrogens with zero attached hydrogens (tertiary/aromatic N) is 3. The van der Waals surface area contributed by atoms with Gasteiger partial charge in [-0.25, -0.2) is 4.98 Å². The standard InChI is InChI=1S/C29H39F3N4O4Si/c1-28(2,3)41(4,5)40-14-13-39-25-16-23-20(17-36(35-23)21-11-9-19(18-37)10-12-21)15-24(25)34-27(38)22-7-6-8-26(33-22)29(30,31)32/h6-8,15-17,19,21,37H,9-14,18H2,1-5H3,(H,34,38)/t19-,21-. The first-order chi connectivity index (χ1) is 19.2. The maximum Gasteiger partial charge on any atom is 0.433 e. The molecule has 2 aromatic heterocycles. The van der Waals surface area contributed by atoms with Crippen molar-refractivity contribution in [3.63, 3.8) is 0 Å². The topological polar surface area (TPSA) is 98.5 Å². The number of hydrogen-bond acceptors (Lipinski definition) is 6. The fourth-order valence-electron chi connectivity index (χ4n) is 4.64. The SMILES string of the molecule is CC(C)(C)[Si](C)(C)OCCOc1cc2nn([C@H]3CC[C@H](CO)CC3)cc2cc1NC(=O)c1cccc(C(F)(F)F)n1. The van der Waals surface area contributed by atoms with Gasteiger partial charge in [-0.05, 0) is 67.9 Å². The van der Waals surface area contributed by atoms with E-state index in [4.69, 9.17) is 14.3 Å². The zero-order valence-electron chi connectivity index (χ0n) is 24.2. The van der Waals surface area contributed by atoms with Crippen molar-refractivity contribution in [2.45, 2.75) is 76.8 Å². The molecular weight excluding hydrogens is 553 g/mol. The Morgan fingerprint density at radius 1 is 1.12 bits per heavy atom. The number of benzene rings is 1. The second-order valence-corrected chi connectivity index (χ2v) is 17.0. The highest BCUT2D eigenvalue weighted by molar-refractivity contribution is 6.74. The van der Waals surface area contributed by atoms with E-state index in [-0.39, 0.29) is 30.0 Å². The van der Waals surface area contributed by atoms with E-state index in [1.165, 1.54) is 6.07 Å². The van der Waals surface area contributed by atoms with Gasteiger partial charge in [0.25, 0.3) is 5.91 Å². The van der Waals surface area contributed by atoms with Gasteiger partial charge in [0, 0.05) is 24.3 Å². The Morgan fingerprint density at radius 2 is 1.83 bits per heavy atom. The molecule has 0 radical (unpaired) electrons. The summed E-state index contributed by atoms with van der Waals surface area (Å²) in [6.07, 6.45) is 0.882. The van der Waals surface area contributed by atoms with Crippen molar-refractivity contribution >= 4 is 30.8 Å². The van der Waals surface area contributed by atoms with E-state index in [2.05, 4.69) is 44.2 Å². The average Bonchev–Trinajstić information content (AvgIpc) is 3.33. The van der Waals surface area contributed by atoms with E-state index in [1.54, 1.807) is 12.1 Å². The Morgan fingerprint density at radius 3 is 2.46 bits per heavy atom. The van der Waals surface area contributed by atoms with Gasteiger partial charge in [0.1, 0.15) is 23.7 Å². The van der Waals surface area contributed by atoms with Crippen molar-refractivity contribution < 1.29 is 32.2 Å². The van der Waals surface area contributed by atoms with Crippen LogP contribution in [-0.2, 0) is 10.6 Å². The number of carbonyl (C=O) groups is 1. The van der Waals surface area contributed by atoms with Crippen LogP contribution in [0.4, 0.5) is 18.9 Å². The first kappa shape index (κ1) is 31.0. The highest BCUT2D eigenvalue weighted by atomic mass is 28.4. The van der Waals surface area contributed by atoms with Crippen LogP contribution in [-0.4, -0.2) is 53.9 Å². The summed E-state index contributed by atoms with van der Waals surface area (Å²) in [5, 5.41) is 17.7. The van der Waals surface area contributed by atoms with E-state index >= 15 is 0 Å². The molecule has 41 heavy (non-hydrogen) atoms. The number of aliphatic hydroxyl groups is 1. The molecule has 1 aromatic carbocycles. The van der Waals surface area contributed by atoms with Crippen molar-refractivity contribution in [3.05, 3.63) is 47.9 Å². The molecule has 1 fully saturated rings. The zero-order valence-corrected chi connectivity index (χ0v) is 25.2. The number of rotatable bonds is 9. The molecule has 0 aliphatic heterocycles. The zero-order chi connectivity index (χ0) is 30.0. The van der Waals surface area contributed by atoms with Gasteiger partial charge in [-0.1, -0.05) is 26.8 Å². The van der Waals surface area contributed by atoms with E-state index < -0.39 is 26.1 Å². The third kappa shape index (κ3) is 7.47. The minimum absolute atomic E-state index is 0.0339. The quantitative estimate of drug-likeness (QED) is 0.209. The molecular formula is C29H39F3N4O4Si. The lowest BCUT2D eigenvalue weighted by Crippen LogP contribution is -2.41. The number of nitrogens with one attached hydrogen (secondary N) is 1. The molecule has 8 nitrogen and oxygen atoms in total. The molecule has 224 valence electrons. The molecule has 0 unspecified atom stereocenters. The molecule has 2 heterocycles.